The Morgan fingerprint density at radius 3 is 2.21 bits per heavy atom. The van der Waals surface area contributed by atoms with E-state index in [9.17, 15) is 0 Å². The van der Waals surface area contributed by atoms with Gasteiger partial charge in [-0.25, -0.2) is 0 Å². The monoisotopic (exact) mass is 344 g/mol. The second kappa shape index (κ2) is 6.13. The molecule has 0 aromatic rings. The van der Waals surface area contributed by atoms with Gasteiger partial charge in [0.25, 0.3) is 0 Å². The number of hydrogen-bond donors (Lipinski definition) is 0. The first kappa shape index (κ1) is 17.0. The average molecular weight is 345 g/mol. The molecule has 108 valence electrons. The minimum atomic E-state index is -1.32. The smallest absolute Gasteiger partial charge is 0.162 e. The summed E-state index contributed by atoms with van der Waals surface area (Å²) in [5, 5.41) is 0. The lowest BCUT2D eigenvalue weighted by atomic mass is 9.82. The predicted molar refractivity (Wildman–Crippen MR) is 86.8 cm³/mol. The molecule has 0 N–H and O–H groups in total. The Kier molecular flexibility index (Phi) is 5.48. The van der Waals surface area contributed by atoms with Gasteiger partial charge in [-0.2, -0.15) is 0 Å². The normalized spacial score (nSPS) is 21.4. The molecule has 4 heteroatoms. The number of rotatable bonds is 3. The maximum Gasteiger partial charge on any atom is 0.162 e. The summed E-state index contributed by atoms with van der Waals surface area (Å²) >= 11 is 3.46. The summed E-state index contributed by atoms with van der Waals surface area (Å²) in [5.41, 5.74) is 3.35. The van der Waals surface area contributed by atoms with E-state index in [1.54, 1.807) is 0 Å². The zero-order valence-electron chi connectivity index (χ0n) is 12.7. The SMILES string of the molecule is C=C(Br)CC1(CC#C[Si](C)(C)C)COC(C)(C)OC1. The molecule has 0 aliphatic carbocycles. The van der Waals surface area contributed by atoms with Gasteiger partial charge < -0.3 is 9.47 Å². The highest BCUT2D eigenvalue weighted by molar-refractivity contribution is 9.11. The summed E-state index contributed by atoms with van der Waals surface area (Å²) in [6.07, 6.45) is 1.64. The molecule has 0 spiro atoms. The zero-order chi connectivity index (χ0) is 14.7. The molecular weight excluding hydrogens is 320 g/mol. The molecule has 1 heterocycles. The molecule has 0 amide bonds. The fraction of sp³-hybridized carbons (Fsp3) is 0.733. The lowest BCUT2D eigenvalue weighted by Crippen LogP contribution is -2.46. The molecule has 19 heavy (non-hydrogen) atoms. The molecule has 1 fully saturated rings. The Morgan fingerprint density at radius 2 is 1.79 bits per heavy atom. The first-order valence-electron chi connectivity index (χ1n) is 6.65. The van der Waals surface area contributed by atoms with E-state index in [0.717, 1.165) is 17.3 Å². The minimum Gasteiger partial charge on any atom is -0.350 e. The van der Waals surface area contributed by atoms with Crippen molar-refractivity contribution in [3.63, 3.8) is 0 Å². The lowest BCUT2D eigenvalue weighted by Gasteiger charge is -2.42. The largest absolute Gasteiger partial charge is 0.350 e. The highest BCUT2D eigenvalue weighted by Crippen LogP contribution is 2.38. The highest BCUT2D eigenvalue weighted by Gasteiger charge is 2.39. The van der Waals surface area contributed by atoms with Crippen LogP contribution in [0.15, 0.2) is 11.1 Å². The Balaban J connectivity index is 2.77. The van der Waals surface area contributed by atoms with E-state index in [2.05, 4.69) is 53.6 Å². The van der Waals surface area contributed by atoms with Crippen molar-refractivity contribution in [3.05, 3.63) is 11.1 Å². The van der Waals surface area contributed by atoms with E-state index in [-0.39, 0.29) is 5.41 Å². The summed E-state index contributed by atoms with van der Waals surface area (Å²) in [4.78, 5) is 0. The van der Waals surface area contributed by atoms with Crippen LogP contribution >= 0.6 is 15.9 Å². The third kappa shape index (κ3) is 6.27. The Morgan fingerprint density at radius 1 is 1.26 bits per heavy atom. The summed E-state index contributed by atoms with van der Waals surface area (Å²) in [6.45, 7) is 16.0. The van der Waals surface area contributed by atoms with Gasteiger partial charge in [0.2, 0.25) is 0 Å². The number of halogens is 1. The first-order chi connectivity index (χ1) is 8.54. The van der Waals surface area contributed by atoms with E-state index < -0.39 is 13.9 Å². The molecule has 0 aromatic carbocycles. The standard InChI is InChI=1S/C15H25BrO2Si/c1-13(16)10-15(8-7-9-19(4,5)6)11-17-14(2,3)18-12-15/h1,8,10-12H2,2-6H3. The third-order valence-corrected chi connectivity index (χ3v) is 4.15. The second-order valence-corrected chi connectivity index (χ2v) is 12.8. The first-order valence-corrected chi connectivity index (χ1v) is 10.9. The maximum atomic E-state index is 5.82. The molecule has 1 saturated heterocycles. The Labute approximate surface area is 127 Å². The molecule has 2 nitrogen and oxygen atoms in total. The zero-order valence-corrected chi connectivity index (χ0v) is 15.3. The van der Waals surface area contributed by atoms with Crippen LogP contribution in [0.2, 0.25) is 19.6 Å². The molecule has 0 aromatic heterocycles. The number of hydrogen-bond acceptors (Lipinski definition) is 2. The van der Waals surface area contributed by atoms with E-state index >= 15 is 0 Å². The molecular formula is C15H25BrO2Si. The van der Waals surface area contributed by atoms with Crippen LogP contribution in [-0.4, -0.2) is 27.1 Å². The average Bonchev–Trinajstić information content (AvgIpc) is 2.20. The van der Waals surface area contributed by atoms with Gasteiger partial charge in [-0.3, -0.25) is 0 Å². The molecule has 0 unspecified atom stereocenters. The fourth-order valence-electron chi connectivity index (χ4n) is 1.91. The third-order valence-electron chi connectivity index (χ3n) is 2.95. The Hall–Kier alpha value is -0.0831. The number of ether oxygens (including phenoxy) is 2. The molecule has 1 aliphatic rings. The van der Waals surface area contributed by atoms with Crippen LogP contribution in [0.4, 0.5) is 0 Å². The summed E-state index contributed by atoms with van der Waals surface area (Å²) < 4.78 is 12.6. The van der Waals surface area contributed by atoms with Gasteiger partial charge in [0.15, 0.2) is 5.79 Å². The number of allylic oxidation sites excluding steroid dienone is 1. The van der Waals surface area contributed by atoms with Crippen LogP contribution in [0.3, 0.4) is 0 Å². The van der Waals surface area contributed by atoms with Crippen LogP contribution in [-0.2, 0) is 9.47 Å². The van der Waals surface area contributed by atoms with Crippen molar-refractivity contribution in [2.24, 2.45) is 5.41 Å². The summed E-state index contributed by atoms with van der Waals surface area (Å²) in [5.74, 6) is 2.88. The van der Waals surface area contributed by atoms with E-state index in [0.29, 0.717) is 13.2 Å². The summed E-state index contributed by atoms with van der Waals surface area (Å²) in [7, 11) is -1.32. The van der Waals surface area contributed by atoms with Gasteiger partial charge in [-0.15, -0.1) is 11.5 Å². The molecule has 0 radical (unpaired) electrons. The fourth-order valence-corrected chi connectivity index (χ4v) is 3.12. The van der Waals surface area contributed by atoms with Crippen molar-refractivity contribution < 1.29 is 9.47 Å². The molecule has 1 aliphatic heterocycles. The quantitative estimate of drug-likeness (QED) is 0.560. The van der Waals surface area contributed by atoms with Gasteiger partial charge in [0.1, 0.15) is 8.07 Å². The van der Waals surface area contributed by atoms with Crippen molar-refractivity contribution in [2.45, 2.75) is 52.1 Å². The van der Waals surface area contributed by atoms with Crippen molar-refractivity contribution in [3.8, 4) is 11.5 Å². The van der Waals surface area contributed by atoms with Crippen molar-refractivity contribution in [2.75, 3.05) is 13.2 Å². The van der Waals surface area contributed by atoms with Crippen molar-refractivity contribution in [1.29, 1.82) is 0 Å². The van der Waals surface area contributed by atoms with Crippen LogP contribution in [0, 0.1) is 16.9 Å². The van der Waals surface area contributed by atoms with Crippen molar-refractivity contribution >= 4 is 24.0 Å². The Bertz CT molecular complexity index is 389. The maximum absolute atomic E-state index is 5.82. The predicted octanol–water partition coefficient (Wildman–Crippen LogP) is 4.33. The van der Waals surface area contributed by atoms with Gasteiger partial charge in [0, 0.05) is 11.8 Å². The van der Waals surface area contributed by atoms with Crippen molar-refractivity contribution in [1.82, 2.24) is 0 Å². The minimum absolute atomic E-state index is 0.0667. The van der Waals surface area contributed by atoms with Crippen LogP contribution in [0.1, 0.15) is 26.7 Å². The second-order valence-electron chi connectivity index (χ2n) is 6.90. The van der Waals surface area contributed by atoms with E-state index in [1.807, 2.05) is 13.8 Å². The molecule has 1 rings (SSSR count). The van der Waals surface area contributed by atoms with Gasteiger partial charge in [-0.1, -0.05) is 42.1 Å². The lowest BCUT2D eigenvalue weighted by molar-refractivity contribution is -0.284. The van der Waals surface area contributed by atoms with Gasteiger partial charge in [0.05, 0.1) is 13.2 Å². The van der Waals surface area contributed by atoms with Gasteiger partial charge >= 0.3 is 0 Å². The molecule has 0 atom stereocenters. The summed E-state index contributed by atoms with van der Waals surface area (Å²) in [6, 6.07) is 0. The van der Waals surface area contributed by atoms with E-state index in [4.69, 9.17) is 9.47 Å². The topological polar surface area (TPSA) is 18.5 Å². The highest BCUT2D eigenvalue weighted by atomic mass is 79.9. The molecule has 0 saturated carbocycles. The van der Waals surface area contributed by atoms with Crippen LogP contribution in [0.5, 0.6) is 0 Å². The molecule has 0 bridgehead atoms. The van der Waals surface area contributed by atoms with Gasteiger partial charge in [-0.05, 0) is 24.8 Å². The van der Waals surface area contributed by atoms with E-state index in [1.165, 1.54) is 0 Å². The van der Waals surface area contributed by atoms with Crippen LogP contribution in [0.25, 0.3) is 0 Å². The van der Waals surface area contributed by atoms with Crippen LogP contribution < -0.4 is 0 Å².